The van der Waals surface area contributed by atoms with Crippen LogP contribution in [0.3, 0.4) is 0 Å². The number of benzene rings is 2. The Bertz CT molecular complexity index is 1070. The molecular weight excluding hydrogens is 400 g/mol. The van der Waals surface area contributed by atoms with Crippen molar-refractivity contribution >= 4 is 18.1 Å². The lowest BCUT2D eigenvalue weighted by Gasteiger charge is -2.48. The fourth-order valence-electron chi connectivity index (χ4n) is 5.13. The van der Waals surface area contributed by atoms with E-state index in [0.29, 0.717) is 5.56 Å². The molecule has 1 aliphatic heterocycles. The van der Waals surface area contributed by atoms with Crippen LogP contribution in [0.1, 0.15) is 79.7 Å². The zero-order chi connectivity index (χ0) is 23.5. The van der Waals surface area contributed by atoms with Crippen molar-refractivity contribution in [1.29, 1.82) is 0 Å². The Balaban J connectivity index is 1.71. The number of carbonyl (C=O) groups excluding carboxylic acids is 1. The lowest BCUT2D eigenvalue weighted by molar-refractivity contribution is -0.153. The Morgan fingerprint density at radius 3 is 1.94 bits per heavy atom. The largest absolute Gasteiger partial charge is 0.465 e. The summed E-state index contributed by atoms with van der Waals surface area (Å²) in [5.41, 5.74) is 6.31. The van der Waals surface area contributed by atoms with Crippen LogP contribution < -0.4 is 0 Å². The van der Waals surface area contributed by atoms with Gasteiger partial charge in [0, 0.05) is 10.8 Å². The lowest BCUT2D eigenvalue weighted by Crippen LogP contribution is -2.54. The zero-order valence-electron chi connectivity index (χ0n) is 20.4. The highest BCUT2D eigenvalue weighted by Gasteiger charge is 2.59. The van der Waals surface area contributed by atoms with E-state index < -0.39 is 5.79 Å². The van der Waals surface area contributed by atoms with Gasteiger partial charge in [-0.05, 0) is 60.7 Å². The van der Waals surface area contributed by atoms with Crippen molar-refractivity contribution in [1.82, 2.24) is 0 Å². The Labute approximate surface area is 191 Å². The van der Waals surface area contributed by atoms with Gasteiger partial charge in [0.05, 0.1) is 24.9 Å². The van der Waals surface area contributed by atoms with Crippen molar-refractivity contribution in [3.05, 3.63) is 69.8 Å². The van der Waals surface area contributed by atoms with Gasteiger partial charge in [-0.15, -0.1) is 0 Å². The molecule has 1 heterocycles. The molecule has 0 N–H and O–H groups in total. The molecule has 4 heteroatoms. The summed E-state index contributed by atoms with van der Waals surface area (Å²) < 4.78 is 17.6. The molecule has 0 saturated carbocycles. The van der Waals surface area contributed by atoms with Crippen molar-refractivity contribution in [3.63, 3.8) is 0 Å². The maximum absolute atomic E-state index is 11.7. The zero-order valence-corrected chi connectivity index (χ0v) is 20.4. The third-order valence-electron chi connectivity index (χ3n) is 7.10. The number of methoxy groups -OCH3 is 1. The molecule has 0 aromatic heterocycles. The van der Waals surface area contributed by atoms with Crippen molar-refractivity contribution in [2.45, 2.75) is 77.3 Å². The summed E-state index contributed by atoms with van der Waals surface area (Å²) in [7, 11) is 1.39. The molecule has 2 aliphatic rings. The number of carbonyl (C=O) groups is 1. The molecule has 1 fully saturated rings. The van der Waals surface area contributed by atoms with Crippen LogP contribution in [0.4, 0.5) is 0 Å². The second kappa shape index (κ2) is 7.57. The number of aryl methyl sites for hydroxylation is 1. The lowest BCUT2D eigenvalue weighted by atomic mass is 9.59. The van der Waals surface area contributed by atoms with E-state index in [2.05, 4.69) is 58.9 Å². The van der Waals surface area contributed by atoms with Crippen molar-refractivity contribution < 1.29 is 19.0 Å². The molecule has 1 unspecified atom stereocenters. The van der Waals surface area contributed by atoms with E-state index in [1.165, 1.54) is 29.4 Å². The molecule has 2 aromatic carbocycles. The minimum Gasteiger partial charge on any atom is -0.465 e. The van der Waals surface area contributed by atoms with Crippen LogP contribution in [0.15, 0.2) is 36.4 Å². The molecule has 4 rings (SSSR count). The number of hydrogen-bond acceptors (Lipinski definition) is 4. The average Bonchev–Trinajstić information content (AvgIpc) is 3.09. The second-order valence-electron chi connectivity index (χ2n) is 10.6. The first-order chi connectivity index (χ1) is 14.9. The highest BCUT2D eigenvalue weighted by atomic mass is 16.8. The summed E-state index contributed by atoms with van der Waals surface area (Å²) in [6, 6.07) is 12.1. The van der Waals surface area contributed by atoms with Crippen LogP contribution in [0.2, 0.25) is 0 Å². The predicted molar refractivity (Wildman–Crippen MR) is 128 cm³/mol. The van der Waals surface area contributed by atoms with Gasteiger partial charge in [0.15, 0.2) is 5.79 Å². The van der Waals surface area contributed by atoms with E-state index in [1.807, 2.05) is 26.0 Å². The summed E-state index contributed by atoms with van der Waals surface area (Å²) in [4.78, 5) is 11.7. The minimum absolute atomic E-state index is 0.00844. The first kappa shape index (κ1) is 22.8. The van der Waals surface area contributed by atoms with Gasteiger partial charge >= 0.3 is 5.97 Å². The minimum atomic E-state index is -0.583. The summed E-state index contributed by atoms with van der Waals surface area (Å²) in [6.45, 7) is 15.2. The normalized spacial score (nSPS) is 24.8. The molecule has 32 heavy (non-hydrogen) atoms. The molecular formula is C28H34O4. The SMILES string of the molecule is COC(=O)c1ccc(C=Cc2cc3c(cc2C)C(C)(C)C2OC(C)(C)O[C@H]2C3(C)C)cc1. The molecule has 170 valence electrons. The third-order valence-corrected chi connectivity index (χ3v) is 7.10. The number of fused-ring (bicyclic) bond motifs is 2. The van der Waals surface area contributed by atoms with Gasteiger partial charge in [0.1, 0.15) is 0 Å². The van der Waals surface area contributed by atoms with E-state index in [4.69, 9.17) is 14.2 Å². The van der Waals surface area contributed by atoms with Gasteiger partial charge in [-0.2, -0.15) is 0 Å². The Hall–Kier alpha value is -2.43. The smallest absolute Gasteiger partial charge is 0.337 e. The van der Waals surface area contributed by atoms with Crippen LogP contribution in [0, 0.1) is 6.92 Å². The Morgan fingerprint density at radius 1 is 0.875 bits per heavy atom. The maximum atomic E-state index is 11.7. The van der Waals surface area contributed by atoms with Gasteiger partial charge in [0.25, 0.3) is 0 Å². The summed E-state index contributed by atoms with van der Waals surface area (Å²) >= 11 is 0. The molecule has 1 saturated heterocycles. The predicted octanol–water partition coefficient (Wildman–Crippen LogP) is 6.04. The van der Waals surface area contributed by atoms with Crippen molar-refractivity contribution in [2.75, 3.05) is 7.11 Å². The summed E-state index contributed by atoms with van der Waals surface area (Å²) in [6.07, 6.45) is 4.23. The highest BCUT2D eigenvalue weighted by molar-refractivity contribution is 5.89. The highest BCUT2D eigenvalue weighted by Crippen LogP contribution is 2.53. The molecule has 4 nitrogen and oxygen atoms in total. The van der Waals surface area contributed by atoms with Gasteiger partial charge in [-0.3, -0.25) is 0 Å². The van der Waals surface area contributed by atoms with E-state index in [1.54, 1.807) is 12.1 Å². The number of esters is 1. The molecule has 0 spiro atoms. The van der Waals surface area contributed by atoms with E-state index in [9.17, 15) is 4.79 Å². The first-order valence-electron chi connectivity index (χ1n) is 11.2. The van der Waals surface area contributed by atoms with Crippen LogP contribution in [-0.2, 0) is 25.0 Å². The molecule has 2 aromatic rings. The second-order valence-corrected chi connectivity index (χ2v) is 10.6. The number of ether oxygens (including phenoxy) is 3. The van der Waals surface area contributed by atoms with Gasteiger partial charge in [0.2, 0.25) is 0 Å². The van der Waals surface area contributed by atoms with E-state index in [-0.39, 0.29) is 29.0 Å². The summed E-state index contributed by atoms with van der Waals surface area (Å²) in [5.74, 6) is -0.907. The van der Waals surface area contributed by atoms with Crippen LogP contribution in [-0.4, -0.2) is 31.1 Å². The van der Waals surface area contributed by atoms with Crippen molar-refractivity contribution in [2.24, 2.45) is 0 Å². The summed E-state index contributed by atoms with van der Waals surface area (Å²) in [5, 5.41) is 0. The molecule has 0 amide bonds. The monoisotopic (exact) mass is 434 g/mol. The molecule has 2 atom stereocenters. The average molecular weight is 435 g/mol. The Kier molecular flexibility index (Phi) is 5.38. The molecule has 0 radical (unpaired) electrons. The van der Waals surface area contributed by atoms with Crippen LogP contribution in [0.25, 0.3) is 12.2 Å². The van der Waals surface area contributed by atoms with Crippen LogP contribution >= 0.6 is 0 Å². The molecule has 0 bridgehead atoms. The fourth-order valence-corrected chi connectivity index (χ4v) is 5.13. The fraction of sp³-hybridized carbons (Fsp3) is 0.464. The van der Waals surface area contributed by atoms with Crippen molar-refractivity contribution in [3.8, 4) is 0 Å². The van der Waals surface area contributed by atoms with Gasteiger partial charge < -0.3 is 14.2 Å². The Morgan fingerprint density at radius 2 is 1.41 bits per heavy atom. The van der Waals surface area contributed by atoms with Gasteiger partial charge in [-0.1, -0.05) is 64.1 Å². The first-order valence-corrected chi connectivity index (χ1v) is 11.2. The quantitative estimate of drug-likeness (QED) is 0.436. The third kappa shape index (κ3) is 3.70. The van der Waals surface area contributed by atoms with Gasteiger partial charge in [-0.25, -0.2) is 4.79 Å². The standard InChI is InChI=1S/C28H34O4/c1-17-15-21-22(27(4,5)24-23(26(21,2)3)31-28(6,7)32-24)16-20(17)14-11-18-9-12-19(13-10-18)25(29)30-8/h9-16,23-24H,1-8H3/t23?,24-/m1/s1. The topological polar surface area (TPSA) is 44.8 Å². The number of hydrogen-bond donors (Lipinski definition) is 0. The van der Waals surface area contributed by atoms with Crippen LogP contribution in [0.5, 0.6) is 0 Å². The maximum Gasteiger partial charge on any atom is 0.337 e. The molecule has 1 aliphatic carbocycles. The number of rotatable bonds is 3. The van der Waals surface area contributed by atoms with E-state index in [0.717, 1.165) is 5.56 Å². The van der Waals surface area contributed by atoms with E-state index >= 15 is 0 Å².